The van der Waals surface area contributed by atoms with E-state index < -0.39 is 0 Å². The number of nitrogens with zero attached hydrogens (tertiary/aromatic N) is 5. The lowest BCUT2D eigenvalue weighted by Crippen LogP contribution is -2.36. The number of hydrogen-bond acceptors (Lipinski definition) is 6. The van der Waals surface area contributed by atoms with Crippen LogP contribution in [0.5, 0.6) is 0 Å². The smallest absolute Gasteiger partial charge is 0.269 e. The van der Waals surface area contributed by atoms with Crippen LogP contribution in [0.4, 0.5) is 5.69 Å². The number of fused-ring (bicyclic) bond motifs is 3. The van der Waals surface area contributed by atoms with Gasteiger partial charge in [0.05, 0.1) is 30.6 Å². The van der Waals surface area contributed by atoms with E-state index in [1.165, 1.54) is 33.1 Å². The van der Waals surface area contributed by atoms with Crippen molar-refractivity contribution in [1.82, 2.24) is 9.47 Å². The first-order valence-corrected chi connectivity index (χ1v) is 13.7. The monoisotopic (exact) mass is 533 g/mol. The van der Waals surface area contributed by atoms with Gasteiger partial charge in [-0.25, -0.2) is 0 Å². The fraction of sp³-hybridized carbons (Fsp3) is 0.250. The van der Waals surface area contributed by atoms with Crippen molar-refractivity contribution in [3.8, 4) is 0 Å². The minimum atomic E-state index is -0.373. The van der Waals surface area contributed by atoms with Crippen molar-refractivity contribution >= 4 is 46.0 Å². The number of morpholine rings is 1. The summed E-state index contributed by atoms with van der Waals surface area (Å²) >= 11 is 0. The molecule has 1 aliphatic heterocycles. The van der Waals surface area contributed by atoms with Crippen molar-refractivity contribution in [3.05, 3.63) is 105 Å². The molecule has 0 atom stereocenters. The fourth-order valence-electron chi connectivity index (χ4n) is 5.76. The molecule has 1 fully saturated rings. The van der Waals surface area contributed by atoms with E-state index >= 15 is 0 Å². The molecule has 0 radical (unpaired) electrons. The van der Waals surface area contributed by atoms with Crippen molar-refractivity contribution in [1.29, 1.82) is 0 Å². The van der Waals surface area contributed by atoms with Gasteiger partial charge in [0.2, 0.25) is 0 Å². The maximum atomic E-state index is 11.0. The summed E-state index contributed by atoms with van der Waals surface area (Å²) in [7, 11) is 0. The van der Waals surface area contributed by atoms with Crippen molar-refractivity contribution in [2.24, 2.45) is 10.2 Å². The number of nitro benzene ring substituents is 1. The van der Waals surface area contributed by atoms with Gasteiger partial charge in [-0.2, -0.15) is 10.2 Å². The van der Waals surface area contributed by atoms with Crippen molar-refractivity contribution < 1.29 is 9.66 Å². The van der Waals surface area contributed by atoms with E-state index in [0.717, 1.165) is 49.2 Å². The van der Waals surface area contributed by atoms with Crippen LogP contribution in [-0.4, -0.2) is 53.1 Å². The summed E-state index contributed by atoms with van der Waals surface area (Å²) in [5, 5.41) is 22.4. The van der Waals surface area contributed by atoms with Crippen LogP contribution in [-0.2, 0) is 11.3 Å². The van der Waals surface area contributed by atoms with Crippen LogP contribution in [0.2, 0.25) is 0 Å². The molecule has 0 bridgehead atoms. The van der Waals surface area contributed by atoms with Gasteiger partial charge in [0.1, 0.15) is 0 Å². The zero-order chi connectivity index (χ0) is 27.5. The number of nitro groups is 1. The molecule has 6 rings (SSSR count). The predicted octanol–water partition coefficient (Wildman–Crippen LogP) is 6.59. The molecular formula is C32H31N5O3. The molecular weight excluding hydrogens is 502 g/mol. The minimum Gasteiger partial charge on any atom is -0.378 e. The molecule has 1 aromatic heterocycles. The summed E-state index contributed by atoms with van der Waals surface area (Å²) < 4.78 is 7.93. The normalized spacial score (nSPS) is 17.4. The van der Waals surface area contributed by atoms with Crippen molar-refractivity contribution in [2.75, 3.05) is 26.3 Å². The number of hydrogen-bond donors (Lipinski definition) is 0. The standard InChI is InChI=1S/C32H31N5O3/c1-2-36-30-6-4-3-5-28(30)29-20-24(9-14-31(29)36)21-33-34-22-26-11-10-25(32(26)35-15-17-40-18-16-35)19-23-7-12-27(13-8-23)37(38)39/h3-9,12-14,19-22H,2,10-11,15-18H2,1H3/b25-19-,33-21?,34-22?. The third kappa shape index (κ3) is 5.05. The van der Waals surface area contributed by atoms with E-state index in [1.807, 2.05) is 12.4 Å². The van der Waals surface area contributed by atoms with E-state index in [9.17, 15) is 10.1 Å². The van der Waals surface area contributed by atoms with Crippen molar-refractivity contribution in [3.63, 3.8) is 0 Å². The molecule has 40 heavy (non-hydrogen) atoms. The second kappa shape index (κ2) is 11.3. The number of aromatic nitrogens is 1. The van der Waals surface area contributed by atoms with Gasteiger partial charge < -0.3 is 14.2 Å². The number of non-ortho nitro benzene ring substituents is 1. The first kappa shape index (κ1) is 25.7. The molecule has 2 heterocycles. The van der Waals surface area contributed by atoms with Gasteiger partial charge in [-0.05, 0) is 78.4 Å². The Bertz CT molecular complexity index is 1690. The number of aryl methyl sites for hydroxylation is 1. The Kier molecular flexibility index (Phi) is 7.25. The Labute approximate surface area is 232 Å². The Hall–Kier alpha value is -4.56. The van der Waals surface area contributed by atoms with E-state index in [1.54, 1.807) is 24.3 Å². The molecule has 0 amide bonds. The highest BCUT2D eigenvalue weighted by Gasteiger charge is 2.25. The molecule has 2 aliphatic rings. The van der Waals surface area contributed by atoms with Crippen LogP contribution in [0, 0.1) is 10.1 Å². The molecule has 1 saturated heterocycles. The molecule has 0 saturated carbocycles. The van der Waals surface area contributed by atoms with Gasteiger partial charge in [0.25, 0.3) is 5.69 Å². The van der Waals surface area contributed by atoms with E-state index in [4.69, 9.17) is 4.74 Å². The highest BCUT2D eigenvalue weighted by atomic mass is 16.6. The van der Waals surface area contributed by atoms with E-state index in [-0.39, 0.29) is 10.6 Å². The molecule has 3 aromatic carbocycles. The Morgan fingerprint density at radius 3 is 2.40 bits per heavy atom. The highest BCUT2D eigenvalue weighted by Crippen LogP contribution is 2.35. The Morgan fingerprint density at radius 1 is 0.900 bits per heavy atom. The first-order valence-electron chi connectivity index (χ1n) is 13.7. The largest absolute Gasteiger partial charge is 0.378 e. The van der Waals surface area contributed by atoms with E-state index in [0.29, 0.717) is 13.2 Å². The maximum Gasteiger partial charge on any atom is 0.269 e. The average molecular weight is 534 g/mol. The molecule has 202 valence electrons. The Morgan fingerprint density at radius 2 is 1.62 bits per heavy atom. The Balaban J connectivity index is 1.27. The number of para-hydroxylation sites is 1. The zero-order valence-corrected chi connectivity index (χ0v) is 22.5. The molecule has 0 unspecified atom stereocenters. The quantitative estimate of drug-likeness (QED) is 0.152. The van der Waals surface area contributed by atoms with Crippen LogP contribution in [0.25, 0.3) is 27.9 Å². The lowest BCUT2D eigenvalue weighted by Gasteiger charge is -2.31. The predicted molar refractivity (Wildman–Crippen MR) is 161 cm³/mol. The summed E-state index contributed by atoms with van der Waals surface area (Å²) in [6.07, 6.45) is 7.56. The number of allylic oxidation sites excluding steroid dienone is 2. The van der Waals surface area contributed by atoms with Gasteiger partial charge in [-0.1, -0.05) is 24.3 Å². The number of ether oxygens (including phenoxy) is 1. The summed E-state index contributed by atoms with van der Waals surface area (Å²) in [6, 6.07) is 21.6. The SMILES string of the molecule is CCn1c2ccccc2c2cc(C=NN=CC3=C(N4CCOCC4)/C(=C\c4ccc([N+](=O)[O-])cc4)CC3)ccc21. The molecule has 1 aliphatic carbocycles. The van der Waals surface area contributed by atoms with Crippen LogP contribution in [0.1, 0.15) is 30.9 Å². The number of rotatable bonds is 7. The van der Waals surface area contributed by atoms with Gasteiger partial charge >= 0.3 is 0 Å². The molecule has 0 spiro atoms. The molecule has 4 aromatic rings. The summed E-state index contributed by atoms with van der Waals surface area (Å²) in [6.45, 7) is 6.10. The first-order chi connectivity index (χ1) is 19.6. The lowest BCUT2D eigenvalue weighted by molar-refractivity contribution is -0.384. The van der Waals surface area contributed by atoms with Gasteiger partial charge in [0.15, 0.2) is 0 Å². The van der Waals surface area contributed by atoms with Crippen LogP contribution < -0.4 is 0 Å². The summed E-state index contributed by atoms with van der Waals surface area (Å²) in [5.41, 5.74) is 8.05. The maximum absolute atomic E-state index is 11.0. The summed E-state index contributed by atoms with van der Waals surface area (Å²) in [4.78, 5) is 13.0. The highest BCUT2D eigenvalue weighted by molar-refractivity contribution is 6.09. The average Bonchev–Trinajstić information content (AvgIpc) is 3.54. The van der Waals surface area contributed by atoms with Gasteiger partial charge in [-0.15, -0.1) is 0 Å². The summed E-state index contributed by atoms with van der Waals surface area (Å²) in [5.74, 6) is 0. The van der Waals surface area contributed by atoms with Gasteiger partial charge in [-0.3, -0.25) is 10.1 Å². The molecule has 8 nitrogen and oxygen atoms in total. The van der Waals surface area contributed by atoms with Crippen molar-refractivity contribution in [2.45, 2.75) is 26.3 Å². The third-order valence-electron chi connectivity index (χ3n) is 7.64. The second-order valence-electron chi connectivity index (χ2n) is 10.0. The van der Waals surface area contributed by atoms with Crippen LogP contribution in [0.15, 0.2) is 93.8 Å². The third-order valence-corrected chi connectivity index (χ3v) is 7.64. The van der Waals surface area contributed by atoms with E-state index in [2.05, 4.69) is 75.1 Å². The van der Waals surface area contributed by atoms with Gasteiger partial charge in [0, 0.05) is 59.3 Å². The molecule has 8 heteroatoms. The molecule has 0 N–H and O–H groups in total. The fourth-order valence-corrected chi connectivity index (χ4v) is 5.76. The minimum absolute atomic E-state index is 0.0958. The zero-order valence-electron chi connectivity index (χ0n) is 22.5. The second-order valence-corrected chi connectivity index (χ2v) is 10.0. The topological polar surface area (TPSA) is 85.3 Å². The van der Waals surface area contributed by atoms with Crippen LogP contribution >= 0.6 is 0 Å². The lowest BCUT2D eigenvalue weighted by atomic mass is 10.1. The van der Waals surface area contributed by atoms with Crippen LogP contribution in [0.3, 0.4) is 0 Å². The number of benzene rings is 3.